The largest absolute Gasteiger partial charge is 3.00 e. The van der Waals surface area contributed by atoms with Crippen molar-refractivity contribution in [3.05, 3.63) is 249 Å². The zero-order chi connectivity index (χ0) is 40.5. The minimum Gasteiger partial charge on any atom is -0.506 e. The summed E-state index contributed by atoms with van der Waals surface area (Å²) in [7, 11) is 0. The van der Waals surface area contributed by atoms with E-state index < -0.39 is 0 Å². The van der Waals surface area contributed by atoms with Gasteiger partial charge in [0.05, 0.1) is 5.69 Å². The number of para-hydroxylation sites is 3. The van der Waals surface area contributed by atoms with Crippen LogP contribution in [0.1, 0.15) is 5.56 Å². The van der Waals surface area contributed by atoms with Gasteiger partial charge in [0.1, 0.15) is 5.75 Å². The molecule has 0 unspecified atom stereocenters. The van der Waals surface area contributed by atoms with Crippen molar-refractivity contribution in [2.24, 2.45) is 0 Å². The molecule has 2 aromatic heterocycles. The summed E-state index contributed by atoms with van der Waals surface area (Å²) < 4.78 is 0. The van der Waals surface area contributed by atoms with Gasteiger partial charge in [0.25, 0.3) is 0 Å². The molecule has 6 heteroatoms. The van der Waals surface area contributed by atoms with E-state index in [1.165, 1.54) is 22.3 Å². The number of aromatic nitrogens is 2. The van der Waals surface area contributed by atoms with Crippen molar-refractivity contribution in [1.82, 2.24) is 9.97 Å². The van der Waals surface area contributed by atoms with E-state index in [1.54, 1.807) is 6.07 Å². The van der Waals surface area contributed by atoms with Gasteiger partial charge in [-0.1, -0.05) is 162 Å². The molecule has 10 rings (SSSR count). The molecule has 0 saturated heterocycles. The molecule has 1 aliphatic rings. The van der Waals surface area contributed by atoms with E-state index in [0.717, 1.165) is 56.3 Å². The summed E-state index contributed by atoms with van der Waals surface area (Å²) in [6.45, 7) is 1.97. The first-order valence-corrected chi connectivity index (χ1v) is 19.8. The molecule has 1 N–H and O–H groups in total. The van der Waals surface area contributed by atoms with Crippen LogP contribution in [0.2, 0.25) is 0 Å². The number of anilines is 2. The van der Waals surface area contributed by atoms with Crippen LogP contribution in [0, 0.1) is 18.8 Å². The third-order valence-corrected chi connectivity index (χ3v) is 10.2. The Bertz CT molecular complexity index is 2760. The van der Waals surface area contributed by atoms with Gasteiger partial charge in [-0.3, -0.25) is 9.97 Å². The molecule has 0 spiro atoms. The molecule has 9 aromatic rings. The minimum atomic E-state index is 0. The summed E-state index contributed by atoms with van der Waals surface area (Å²) in [5.74, 6) is 0.236. The molecule has 0 amide bonds. The number of pyridine rings is 2. The van der Waals surface area contributed by atoms with Gasteiger partial charge >= 0.3 is 20.1 Å². The van der Waals surface area contributed by atoms with Gasteiger partial charge in [0, 0.05) is 29.5 Å². The molecule has 7 aromatic carbocycles. The first kappa shape index (κ1) is 40.4. The summed E-state index contributed by atoms with van der Waals surface area (Å²) in [4.78, 5) is 13.1. The van der Waals surface area contributed by atoms with E-state index in [0.29, 0.717) is 0 Å². The van der Waals surface area contributed by atoms with Crippen molar-refractivity contribution in [2.75, 3.05) is 9.80 Å². The van der Waals surface area contributed by atoms with Gasteiger partial charge in [-0.25, -0.2) is 0 Å². The second kappa shape index (κ2) is 19.1. The zero-order valence-electron chi connectivity index (χ0n) is 33.0. The van der Waals surface area contributed by atoms with Gasteiger partial charge < -0.3 is 14.9 Å². The Labute approximate surface area is 371 Å². The Morgan fingerprint density at radius 1 is 0.459 bits per heavy atom. The van der Waals surface area contributed by atoms with E-state index in [4.69, 9.17) is 0 Å². The van der Waals surface area contributed by atoms with Crippen molar-refractivity contribution >= 4 is 17.1 Å². The van der Waals surface area contributed by atoms with Gasteiger partial charge in [-0.15, -0.1) is 30.6 Å². The number of rotatable bonds is 8. The second-order valence-electron chi connectivity index (χ2n) is 14.2. The second-order valence-corrected chi connectivity index (χ2v) is 14.2. The third kappa shape index (κ3) is 9.43. The Morgan fingerprint density at radius 2 is 0.934 bits per heavy atom. The molecule has 0 atom stereocenters. The van der Waals surface area contributed by atoms with Crippen molar-refractivity contribution in [3.63, 3.8) is 0 Å². The summed E-state index contributed by atoms with van der Waals surface area (Å²) >= 11 is 0. The maximum absolute atomic E-state index is 10.5. The number of nitrogens with zero attached hydrogens (tertiary/aromatic N) is 4. The van der Waals surface area contributed by atoms with Crippen LogP contribution in [0.15, 0.2) is 225 Å². The average molecular weight is 964 g/mol. The molecule has 5 nitrogen and oxygen atoms in total. The van der Waals surface area contributed by atoms with Gasteiger partial charge in [-0.05, 0) is 63.8 Å². The fraction of sp³-hybridized carbons (Fsp3) is 0. The SMILES string of the molecule is Oc1ccccc1N1[CH-]N(c2[c-]cccc2)C=C1c1ccc(-c2ccccc2)cc1.[Ir+3].[c-]1c(-c2ccccn2)cc(-c2ccc(-c3ccccc3)cc2)cc1-c1ccccn1. The number of aromatic hydroxyl groups is 1. The Hall–Kier alpha value is -7.37. The van der Waals surface area contributed by atoms with Crippen LogP contribution in [-0.4, -0.2) is 15.1 Å². The molecule has 0 saturated carbocycles. The maximum Gasteiger partial charge on any atom is 3.00 e. The predicted octanol–water partition coefficient (Wildman–Crippen LogP) is 13.2. The molecule has 0 fully saturated rings. The van der Waals surface area contributed by atoms with Crippen molar-refractivity contribution in [1.29, 1.82) is 0 Å². The third-order valence-electron chi connectivity index (χ3n) is 10.2. The quantitative estimate of drug-likeness (QED) is 0.154. The number of phenolic OH excluding ortho intramolecular Hbond substituents is 1. The standard InChI is InChI=1S/C28H19N2.C27H20N2O.Ir/c1-2-8-21(9-3-1)22-12-14-23(15-13-22)24-18-25(27-10-4-6-16-29-27)20-26(19-24)28-11-5-7-17-30-28;30-27-14-8-7-13-25(27)29-20-28(24-11-5-2-6-12-24)19-26(29)23-17-15-22(16-18-23)21-9-3-1-4-10-21;/h1-19H;1-11,13-20,30H;/q-1;-2;+3. The molecule has 0 bridgehead atoms. The van der Waals surface area contributed by atoms with Crippen molar-refractivity contribution in [3.8, 4) is 61.6 Å². The first-order valence-electron chi connectivity index (χ1n) is 19.8. The van der Waals surface area contributed by atoms with Crippen LogP contribution in [0.4, 0.5) is 11.4 Å². The van der Waals surface area contributed by atoms with Gasteiger partial charge in [-0.2, -0.15) is 30.3 Å². The summed E-state index contributed by atoms with van der Waals surface area (Å²) in [5, 5.41) is 10.5. The number of hydrogen-bond acceptors (Lipinski definition) is 5. The summed E-state index contributed by atoms with van der Waals surface area (Å²) in [5.41, 5.74) is 14.5. The maximum atomic E-state index is 10.5. The molecular formula is C55H39IrN4O. The van der Waals surface area contributed by atoms with Crippen LogP contribution in [0.3, 0.4) is 0 Å². The normalized spacial score (nSPS) is 11.8. The fourth-order valence-corrected chi connectivity index (χ4v) is 7.17. The van der Waals surface area contributed by atoms with Gasteiger partial charge in [0.2, 0.25) is 0 Å². The monoisotopic (exact) mass is 964 g/mol. The topological polar surface area (TPSA) is 52.5 Å². The summed E-state index contributed by atoms with van der Waals surface area (Å²) in [6, 6.07) is 76.1. The molecule has 294 valence electrons. The van der Waals surface area contributed by atoms with E-state index >= 15 is 0 Å². The number of phenols is 1. The van der Waals surface area contributed by atoms with Crippen LogP contribution in [0.5, 0.6) is 5.75 Å². The first-order chi connectivity index (χ1) is 29.7. The molecular weight excluding hydrogens is 925 g/mol. The van der Waals surface area contributed by atoms with Crippen LogP contribution in [0.25, 0.3) is 61.6 Å². The van der Waals surface area contributed by atoms with Crippen molar-refractivity contribution < 1.29 is 25.2 Å². The molecule has 3 heterocycles. The Kier molecular flexibility index (Phi) is 12.7. The minimum absolute atomic E-state index is 0. The van der Waals surface area contributed by atoms with E-state index in [1.807, 2.05) is 132 Å². The van der Waals surface area contributed by atoms with Crippen LogP contribution < -0.4 is 9.80 Å². The fourth-order valence-electron chi connectivity index (χ4n) is 7.17. The van der Waals surface area contributed by atoms with Crippen molar-refractivity contribution in [2.45, 2.75) is 0 Å². The van der Waals surface area contributed by atoms with Crippen LogP contribution >= 0.6 is 0 Å². The summed E-state index contributed by atoms with van der Waals surface area (Å²) in [6.07, 6.45) is 5.69. The molecule has 0 aliphatic carbocycles. The predicted molar refractivity (Wildman–Crippen MR) is 245 cm³/mol. The smallest absolute Gasteiger partial charge is 0.506 e. The average Bonchev–Trinajstić information content (AvgIpc) is 3.79. The van der Waals surface area contributed by atoms with E-state index in [-0.39, 0.29) is 25.9 Å². The Morgan fingerprint density at radius 3 is 1.44 bits per heavy atom. The zero-order valence-corrected chi connectivity index (χ0v) is 35.4. The number of benzene rings is 7. The van der Waals surface area contributed by atoms with Gasteiger partial charge in [0.15, 0.2) is 0 Å². The molecule has 1 aliphatic heterocycles. The van der Waals surface area contributed by atoms with E-state index in [2.05, 4.69) is 125 Å². The number of hydrogen-bond donors (Lipinski definition) is 1. The molecule has 61 heavy (non-hydrogen) atoms. The van der Waals surface area contributed by atoms with E-state index in [9.17, 15) is 5.11 Å². The molecule has 0 radical (unpaired) electrons. The Balaban J connectivity index is 0.000000166. The van der Waals surface area contributed by atoms with Crippen LogP contribution in [-0.2, 0) is 20.1 Å².